The fourth-order valence-electron chi connectivity index (χ4n) is 1.52. The highest BCUT2D eigenvalue weighted by atomic mass is 79.9. The summed E-state index contributed by atoms with van der Waals surface area (Å²) in [7, 11) is 1.46. The molecule has 0 saturated carbocycles. The summed E-state index contributed by atoms with van der Waals surface area (Å²) in [6.07, 6.45) is 2.94. The Morgan fingerprint density at radius 1 is 1.37 bits per heavy atom. The topological polar surface area (TPSA) is 90.1 Å². The molecule has 0 spiro atoms. The highest BCUT2D eigenvalue weighted by Crippen LogP contribution is 2.26. The molecule has 0 fully saturated rings. The lowest BCUT2D eigenvalue weighted by atomic mass is 10.1. The van der Waals surface area contributed by atoms with Gasteiger partial charge in [0.05, 0.1) is 30.8 Å². The van der Waals surface area contributed by atoms with Gasteiger partial charge >= 0.3 is 0 Å². The SMILES string of the molecule is COc1c(N)cccc1C(=O)Nc1cnc(Br)cn1. The van der Waals surface area contributed by atoms with E-state index in [1.165, 1.54) is 19.5 Å². The average Bonchev–Trinajstić information content (AvgIpc) is 2.41. The van der Waals surface area contributed by atoms with Crippen molar-refractivity contribution in [3.8, 4) is 5.75 Å². The van der Waals surface area contributed by atoms with Crippen LogP contribution < -0.4 is 15.8 Å². The Morgan fingerprint density at radius 2 is 2.16 bits per heavy atom. The Morgan fingerprint density at radius 3 is 2.79 bits per heavy atom. The number of hydrogen-bond donors (Lipinski definition) is 2. The highest BCUT2D eigenvalue weighted by Gasteiger charge is 2.14. The van der Waals surface area contributed by atoms with Gasteiger partial charge in [-0.1, -0.05) is 6.07 Å². The maximum absolute atomic E-state index is 12.1. The molecule has 1 aromatic heterocycles. The molecule has 19 heavy (non-hydrogen) atoms. The number of para-hydroxylation sites is 1. The zero-order valence-electron chi connectivity index (χ0n) is 10.1. The number of methoxy groups -OCH3 is 1. The molecule has 0 radical (unpaired) electrons. The smallest absolute Gasteiger partial charge is 0.260 e. The van der Waals surface area contributed by atoms with Crippen molar-refractivity contribution in [1.29, 1.82) is 0 Å². The minimum absolute atomic E-state index is 0.338. The molecule has 3 N–H and O–H groups in total. The van der Waals surface area contributed by atoms with Gasteiger partial charge in [0.25, 0.3) is 5.91 Å². The fraction of sp³-hybridized carbons (Fsp3) is 0.0833. The standard InChI is InChI=1S/C12H11BrN4O2/c1-19-11-7(3-2-4-8(11)14)12(18)17-10-6-15-9(13)5-16-10/h2-6H,14H2,1H3,(H,16,17,18). The van der Waals surface area contributed by atoms with Crippen LogP contribution in [0.15, 0.2) is 35.2 Å². The number of nitrogens with two attached hydrogens (primary N) is 1. The van der Waals surface area contributed by atoms with Crippen molar-refractivity contribution in [3.05, 3.63) is 40.8 Å². The monoisotopic (exact) mass is 322 g/mol. The second kappa shape index (κ2) is 5.66. The third kappa shape index (κ3) is 3.00. The van der Waals surface area contributed by atoms with Crippen LogP contribution in [0.2, 0.25) is 0 Å². The van der Waals surface area contributed by atoms with E-state index in [1.807, 2.05) is 0 Å². The Hall–Kier alpha value is -2.15. The van der Waals surface area contributed by atoms with Crippen molar-refractivity contribution in [1.82, 2.24) is 9.97 Å². The Balaban J connectivity index is 2.25. The largest absolute Gasteiger partial charge is 0.494 e. The molecule has 2 aromatic rings. The summed E-state index contributed by atoms with van der Waals surface area (Å²) in [4.78, 5) is 20.1. The summed E-state index contributed by atoms with van der Waals surface area (Å²) in [5, 5.41) is 2.62. The quantitative estimate of drug-likeness (QED) is 0.844. The predicted molar refractivity (Wildman–Crippen MR) is 75.1 cm³/mol. The second-order valence-electron chi connectivity index (χ2n) is 3.61. The first kappa shape index (κ1) is 13.3. The number of nitrogens with zero attached hydrogens (tertiary/aromatic N) is 2. The van der Waals surface area contributed by atoms with Gasteiger partial charge in [-0.2, -0.15) is 0 Å². The molecule has 0 saturated heterocycles. The number of benzene rings is 1. The number of amides is 1. The number of hydrogen-bond acceptors (Lipinski definition) is 5. The van der Waals surface area contributed by atoms with E-state index in [0.29, 0.717) is 27.4 Å². The van der Waals surface area contributed by atoms with Crippen LogP contribution in [-0.4, -0.2) is 23.0 Å². The number of halogens is 1. The summed E-state index contributed by atoms with van der Waals surface area (Å²) in [5.74, 6) is 0.323. The molecule has 1 amide bonds. The zero-order valence-corrected chi connectivity index (χ0v) is 11.6. The highest BCUT2D eigenvalue weighted by molar-refractivity contribution is 9.10. The molecule has 2 rings (SSSR count). The zero-order chi connectivity index (χ0) is 13.8. The van der Waals surface area contributed by atoms with Gasteiger partial charge in [-0.15, -0.1) is 0 Å². The van der Waals surface area contributed by atoms with Crippen LogP contribution in [0, 0.1) is 0 Å². The van der Waals surface area contributed by atoms with Crippen LogP contribution in [-0.2, 0) is 0 Å². The number of rotatable bonds is 3. The molecule has 1 heterocycles. The number of ether oxygens (including phenoxy) is 1. The molecule has 0 aliphatic heterocycles. The van der Waals surface area contributed by atoms with Crippen molar-refractivity contribution in [3.63, 3.8) is 0 Å². The van der Waals surface area contributed by atoms with Gasteiger partial charge in [-0.3, -0.25) is 4.79 Å². The third-order valence-electron chi connectivity index (χ3n) is 2.36. The van der Waals surface area contributed by atoms with E-state index in [0.717, 1.165) is 0 Å². The number of carbonyl (C=O) groups excluding carboxylic acids is 1. The minimum Gasteiger partial charge on any atom is -0.494 e. The van der Waals surface area contributed by atoms with Crippen molar-refractivity contribution in [2.24, 2.45) is 0 Å². The predicted octanol–water partition coefficient (Wildman–Crippen LogP) is 2.08. The molecule has 1 aromatic carbocycles. The molecule has 0 aliphatic carbocycles. The van der Waals surface area contributed by atoms with E-state index in [-0.39, 0.29) is 5.91 Å². The van der Waals surface area contributed by atoms with Gasteiger partial charge in [0.2, 0.25) is 0 Å². The Kier molecular flexibility index (Phi) is 3.96. The lowest BCUT2D eigenvalue weighted by molar-refractivity contribution is 0.102. The van der Waals surface area contributed by atoms with Gasteiger partial charge < -0.3 is 15.8 Å². The van der Waals surface area contributed by atoms with Gasteiger partial charge in [0.15, 0.2) is 11.6 Å². The first-order valence-corrected chi connectivity index (χ1v) is 6.12. The van der Waals surface area contributed by atoms with Crippen molar-refractivity contribution in [2.75, 3.05) is 18.2 Å². The van der Waals surface area contributed by atoms with E-state index in [9.17, 15) is 4.79 Å². The molecule has 0 atom stereocenters. The Bertz CT molecular complexity index is 601. The summed E-state index contributed by atoms with van der Waals surface area (Å²) >= 11 is 3.17. The van der Waals surface area contributed by atoms with Gasteiger partial charge in [-0.05, 0) is 28.1 Å². The third-order valence-corrected chi connectivity index (χ3v) is 2.77. The molecule has 7 heteroatoms. The number of carbonyl (C=O) groups is 1. The molecule has 6 nitrogen and oxygen atoms in total. The van der Waals surface area contributed by atoms with Gasteiger partial charge in [0.1, 0.15) is 4.60 Å². The van der Waals surface area contributed by atoms with E-state index in [4.69, 9.17) is 10.5 Å². The van der Waals surface area contributed by atoms with Crippen LogP contribution in [0.25, 0.3) is 0 Å². The first-order valence-electron chi connectivity index (χ1n) is 5.33. The molecular weight excluding hydrogens is 312 g/mol. The normalized spacial score (nSPS) is 10.0. The molecule has 0 aliphatic rings. The minimum atomic E-state index is -0.360. The van der Waals surface area contributed by atoms with Crippen LogP contribution in [0.1, 0.15) is 10.4 Å². The van der Waals surface area contributed by atoms with E-state index >= 15 is 0 Å². The maximum atomic E-state index is 12.1. The molecule has 0 bridgehead atoms. The van der Waals surface area contributed by atoms with Crippen LogP contribution in [0.5, 0.6) is 5.75 Å². The number of nitrogens with one attached hydrogen (secondary N) is 1. The van der Waals surface area contributed by atoms with Crippen LogP contribution in [0.4, 0.5) is 11.5 Å². The molecule has 98 valence electrons. The summed E-state index contributed by atoms with van der Waals surface area (Å²) in [5.41, 5.74) is 6.48. The van der Waals surface area contributed by atoms with E-state index in [2.05, 4.69) is 31.2 Å². The number of aromatic nitrogens is 2. The molecular formula is C12H11BrN4O2. The summed E-state index contributed by atoms with van der Waals surface area (Å²) in [6.45, 7) is 0. The lowest BCUT2D eigenvalue weighted by Crippen LogP contribution is -2.15. The second-order valence-corrected chi connectivity index (χ2v) is 4.42. The van der Waals surface area contributed by atoms with Gasteiger partial charge in [0, 0.05) is 0 Å². The lowest BCUT2D eigenvalue weighted by Gasteiger charge is -2.10. The van der Waals surface area contributed by atoms with E-state index in [1.54, 1.807) is 18.2 Å². The van der Waals surface area contributed by atoms with Crippen molar-refractivity contribution >= 4 is 33.3 Å². The summed E-state index contributed by atoms with van der Waals surface area (Å²) in [6, 6.07) is 4.96. The van der Waals surface area contributed by atoms with E-state index < -0.39 is 0 Å². The number of nitrogen functional groups attached to an aromatic ring is 1. The average molecular weight is 323 g/mol. The molecule has 0 unspecified atom stereocenters. The summed E-state index contributed by atoms with van der Waals surface area (Å²) < 4.78 is 5.71. The fourth-order valence-corrected chi connectivity index (χ4v) is 1.73. The van der Waals surface area contributed by atoms with Crippen molar-refractivity contribution < 1.29 is 9.53 Å². The van der Waals surface area contributed by atoms with Crippen molar-refractivity contribution in [2.45, 2.75) is 0 Å². The Labute approximate surface area is 118 Å². The first-order chi connectivity index (χ1) is 9.11. The van der Waals surface area contributed by atoms with Crippen LogP contribution in [0.3, 0.4) is 0 Å². The number of anilines is 2. The van der Waals surface area contributed by atoms with Gasteiger partial charge in [-0.25, -0.2) is 9.97 Å². The maximum Gasteiger partial charge on any atom is 0.260 e. The van der Waals surface area contributed by atoms with Crippen LogP contribution >= 0.6 is 15.9 Å².